The Morgan fingerprint density at radius 2 is 1.98 bits per heavy atom. The van der Waals surface area contributed by atoms with Crippen LogP contribution in [0.5, 0.6) is 17.2 Å². The highest BCUT2D eigenvalue weighted by Gasteiger charge is 2.28. The van der Waals surface area contributed by atoms with Gasteiger partial charge in [0.2, 0.25) is 0 Å². The van der Waals surface area contributed by atoms with E-state index in [1.807, 2.05) is 36.4 Å². The topological polar surface area (TPSA) is 105 Å². The number of ether oxygens (including phenoxy) is 5. The largest absolute Gasteiger partial charge is 0.492 e. The van der Waals surface area contributed by atoms with Crippen molar-refractivity contribution in [1.29, 1.82) is 0 Å². The maximum Gasteiger partial charge on any atom is 0.342 e. The Morgan fingerprint density at radius 3 is 2.81 bits per heavy atom. The van der Waals surface area contributed by atoms with Gasteiger partial charge >= 0.3 is 5.97 Å². The molecule has 4 aromatic rings. The molecule has 2 aromatic heterocycles. The van der Waals surface area contributed by atoms with Gasteiger partial charge in [-0.05, 0) is 49.6 Å². The monoisotopic (exact) mass is 589 g/mol. The second-order valence-electron chi connectivity index (χ2n) is 11.2. The lowest BCUT2D eigenvalue weighted by Crippen LogP contribution is -2.48. The van der Waals surface area contributed by atoms with E-state index in [1.165, 1.54) is 7.11 Å². The fraction of sp³-hybridized carbons (Fsp3) is 0.455. The Morgan fingerprint density at radius 1 is 1.12 bits per heavy atom. The minimum Gasteiger partial charge on any atom is -0.492 e. The van der Waals surface area contributed by atoms with Crippen molar-refractivity contribution in [2.75, 3.05) is 59.7 Å². The van der Waals surface area contributed by atoms with Crippen LogP contribution < -0.4 is 14.8 Å². The number of nitrogens with zero attached hydrogens (tertiary/aromatic N) is 2. The predicted octanol–water partition coefficient (Wildman–Crippen LogP) is 4.96. The molecule has 10 heteroatoms. The summed E-state index contributed by atoms with van der Waals surface area (Å²) < 4.78 is 35.1. The number of morpholine rings is 2. The number of rotatable bonds is 10. The maximum atomic E-state index is 12.2. The van der Waals surface area contributed by atoms with Crippen LogP contribution in [0.15, 0.2) is 53.1 Å². The van der Waals surface area contributed by atoms with Crippen LogP contribution in [0.2, 0.25) is 0 Å². The summed E-state index contributed by atoms with van der Waals surface area (Å²) in [4.78, 5) is 19.1. The number of aryl methyl sites for hydroxylation is 1. The van der Waals surface area contributed by atoms with Crippen molar-refractivity contribution in [3.05, 3.63) is 60.0 Å². The standard InChI is InChI=1S/C33H39N3O7/c1-21(16-25-19-34-10-13-39-25)31-20-36(12-15-41-31)11-14-40-23-4-6-26-28(17-23)35-9-8-29(26)43-24-5-7-27-30(18-24)42-22(2)32(27)33(37)38-3/h4-9,17-18,21,25,31,34H,10-16,19-20H2,1-3H3/t21-,25?,31?/m1/s1. The average molecular weight is 590 g/mol. The summed E-state index contributed by atoms with van der Waals surface area (Å²) in [5.74, 6) is 2.53. The van der Waals surface area contributed by atoms with Crippen LogP contribution in [0.3, 0.4) is 0 Å². The smallest absolute Gasteiger partial charge is 0.342 e. The highest BCUT2D eigenvalue weighted by atomic mass is 16.5. The molecule has 0 radical (unpaired) electrons. The van der Waals surface area contributed by atoms with Crippen molar-refractivity contribution in [2.24, 2.45) is 5.92 Å². The predicted molar refractivity (Wildman–Crippen MR) is 162 cm³/mol. The molecular formula is C33H39N3O7. The van der Waals surface area contributed by atoms with E-state index in [0.717, 1.165) is 69.0 Å². The number of fused-ring (bicyclic) bond motifs is 2. The first-order valence-corrected chi connectivity index (χ1v) is 15.0. The minimum absolute atomic E-state index is 0.204. The Balaban J connectivity index is 1.05. The van der Waals surface area contributed by atoms with Crippen LogP contribution in [0.1, 0.15) is 29.5 Å². The Bertz CT molecular complexity index is 1570. The number of furan rings is 1. The second kappa shape index (κ2) is 13.3. The number of esters is 1. The fourth-order valence-corrected chi connectivity index (χ4v) is 5.94. The van der Waals surface area contributed by atoms with Crippen molar-refractivity contribution in [1.82, 2.24) is 15.2 Å². The van der Waals surface area contributed by atoms with E-state index >= 15 is 0 Å². The SMILES string of the molecule is COC(=O)c1c(C)oc2cc(Oc3ccnc4cc(OCCN5CCOC([C@H](C)CC6CNCCO6)C5)ccc34)ccc12. The lowest BCUT2D eigenvalue weighted by molar-refractivity contribution is -0.0719. The van der Waals surface area contributed by atoms with Crippen LogP contribution in [0, 0.1) is 12.8 Å². The summed E-state index contributed by atoms with van der Waals surface area (Å²) in [6.45, 7) is 10.6. The summed E-state index contributed by atoms with van der Waals surface area (Å²) in [6, 6.07) is 13.1. The van der Waals surface area contributed by atoms with Crippen LogP contribution in [-0.2, 0) is 14.2 Å². The van der Waals surface area contributed by atoms with Crippen LogP contribution in [-0.4, -0.2) is 87.7 Å². The van der Waals surface area contributed by atoms with Crippen molar-refractivity contribution in [3.8, 4) is 17.2 Å². The van der Waals surface area contributed by atoms with Gasteiger partial charge in [-0.3, -0.25) is 9.88 Å². The zero-order valence-corrected chi connectivity index (χ0v) is 25.0. The van der Waals surface area contributed by atoms with Gasteiger partial charge < -0.3 is 33.4 Å². The van der Waals surface area contributed by atoms with Gasteiger partial charge in [0.15, 0.2) is 0 Å². The molecule has 228 valence electrons. The molecule has 2 aliphatic rings. The molecule has 0 bridgehead atoms. The number of hydrogen-bond acceptors (Lipinski definition) is 10. The maximum absolute atomic E-state index is 12.2. The fourth-order valence-electron chi connectivity index (χ4n) is 5.94. The summed E-state index contributed by atoms with van der Waals surface area (Å²) in [5, 5.41) is 4.96. The third-order valence-corrected chi connectivity index (χ3v) is 8.26. The molecule has 1 N–H and O–H groups in total. The molecule has 2 unspecified atom stereocenters. The van der Waals surface area contributed by atoms with Crippen molar-refractivity contribution in [3.63, 3.8) is 0 Å². The van der Waals surface area contributed by atoms with Crippen molar-refractivity contribution in [2.45, 2.75) is 32.5 Å². The lowest BCUT2D eigenvalue weighted by atomic mass is 9.95. The number of nitrogens with one attached hydrogen (secondary N) is 1. The molecule has 43 heavy (non-hydrogen) atoms. The number of carbonyl (C=O) groups is 1. The van der Waals surface area contributed by atoms with Crippen molar-refractivity contribution < 1.29 is 32.9 Å². The molecule has 0 saturated carbocycles. The minimum atomic E-state index is -0.426. The quantitative estimate of drug-likeness (QED) is 0.255. The first kappa shape index (κ1) is 29.4. The van der Waals surface area contributed by atoms with Gasteiger partial charge in [0, 0.05) is 61.8 Å². The van der Waals surface area contributed by atoms with Gasteiger partial charge in [0.1, 0.15) is 40.8 Å². The molecule has 2 fully saturated rings. The summed E-state index contributed by atoms with van der Waals surface area (Å²) in [5.41, 5.74) is 1.76. The lowest BCUT2D eigenvalue weighted by Gasteiger charge is -2.37. The van der Waals surface area contributed by atoms with Crippen LogP contribution in [0.25, 0.3) is 21.9 Å². The normalized spacial score (nSPS) is 20.3. The molecule has 4 heterocycles. The first-order chi connectivity index (χ1) is 21.0. The number of hydrogen-bond donors (Lipinski definition) is 1. The van der Waals surface area contributed by atoms with Crippen molar-refractivity contribution >= 4 is 27.8 Å². The number of benzene rings is 2. The number of methoxy groups -OCH3 is 1. The molecule has 2 saturated heterocycles. The van der Waals surface area contributed by atoms with Crippen LogP contribution >= 0.6 is 0 Å². The third kappa shape index (κ3) is 6.78. The highest BCUT2D eigenvalue weighted by Crippen LogP contribution is 2.34. The zero-order chi connectivity index (χ0) is 29.8. The van der Waals surface area contributed by atoms with Gasteiger partial charge in [-0.15, -0.1) is 0 Å². The Kier molecular flexibility index (Phi) is 9.08. The molecule has 0 amide bonds. The number of carbonyl (C=O) groups excluding carboxylic acids is 1. The molecular weight excluding hydrogens is 550 g/mol. The van der Waals surface area contributed by atoms with E-state index in [2.05, 4.69) is 22.1 Å². The van der Waals surface area contributed by atoms with E-state index < -0.39 is 5.97 Å². The van der Waals surface area contributed by atoms with E-state index in [-0.39, 0.29) is 12.2 Å². The van der Waals surface area contributed by atoms with Crippen LogP contribution in [0.4, 0.5) is 0 Å². The number of aromatic nitrogens is 1. The van der Waals surface area contributed by atoms with Gasteiger partial charge in [0.25, 0.3) is 0 Å². The zero-order valence-electron chi connectivity index (χ0n) is 25.0. The molecule has 0 aliphatic carbocycles. The van der Waals surface area contributed by atoms with Gasteiger partial charge in [-0.1, -0.05) is 6.92 Å². The van der Waals surface area contributed by atoms with Gasteiger partial charge in [-0.25, -0.2) is 4.79 Å². The molecule has 10 nitrogen and oxygen atoms in total. The van der Waals surface area contributed by atoms with E-state index in [9.17, 15) is 4.79 Å². The second-order valence-corrected chi connectivity index (χ2v) is 11.2. The molecule has 0 spiro atoms. The highest BCUT2D eigenvalue weighted by molar-refractivity contribution is 6.04. The van der Waals surface area contributed by atoms with Gasteiger partial charge in [0.05, 0.1) is 38.0 Å². The molecule has 6 rings (SSSR count). The molecule has 2 aromatic carbocycles. The summed E-state index contributed by atoms with van der Waals surface area (Å²) >= 11 is 0. The van der Waals surface area contributed by atoms with E-state index in [0.29, 0.717) is 46.3 Å². The average Bonchev–Trinajstić information content (AvgIpc) is 3.36. The summed E-state index contributed by atoms with van der Waals surface area (Å²) in [6.07, 6.45) is 3.19. The molecule has 2 aliphatic heterocycles. The Hall–Kier alpha value is -3.70. The number of pyridine rings is 1. The van der Waals surface area contributed by atoms with Gasteiger partial charge in [-0.2, -0.15) is 0 Å². The first-order valence-electron chi connectivity index (χ1n) is 15.0. The molecule has 3 atom stereocenters. The third-order valence-electron chi connectivity index (χ3n) is 8.26. The Labute approximate surface area is 251 Å². The summed E-state index contributed by atoms with van der Waals surface area (Å²) in [7, 11) is 1.36. The van der Waals surface area contributed by atoms with E-state index in [4.69, 9.17) is 28.1 Å². The van der Waals surface area contributed by atoms with E-state index in [1.54, 1.807) is 19.2 Å².